The van der Waals surface area contributed by atoms with Crippen LogP contribution in [0.25, 0.3) is 16.9 Å². The highest BCUT2D eigenvalue weighted by Crippen LogP contribution is 2.36. The third kappa shape index (κ3) is 4.25. The molecule has 1 aliphatic rings. The van der Waals surface area contributed by atoms with Gasteiger partial charge in [-0.25, -0.2) is 36.7 Å². The fourth-order valence-electron chi connectivity index (χ4n) is 3.79. The van der Waals surface area contributed by atoms with Gasteiger partial charge in [-0.1, -0.05) is 0 Å². The number of benzene rings is 1. The molecule has 3 N–H and O–H groups in total. The average molecular weight is 505 g/mol. The molecule has 1 aromatic carbocycles. The van der Waals surface area contributed by atoms with Gasteiger partial charge in [-0.2, -0.15) is 5.10 Å². The molecule has 36 heavy (non-hydrogen) atoms. The predicted octanol–water partition coefficient (Wildman–Crippen LogP) is 2.12. The first-order chi connectivity index (χ1) is 17.1. The van der Waals surface area contributed by atoms with Crippen molar-refractivity contribution in [3.8, 4) is 11.3 Å². The van der Waals surface area contributed by atoms with Gasteiger partial charge in [0.05, 0.1) is 30.0 Å². The number of halogens is 4. The molecule has 1 amide bonds. The zero-order valence-electron chi connectivity index (χ0n) is 18.0. The Balaban J connectivity index is 1.42. The number of carbonyl (C=O) groups excluding carboxylic acids is 1. The van der Waals surface area contributed by atoms with Crippen LogP contribution in [0.4, 0.5) is 33.7 Å². The number of alkyl halides is 2. The fraction of sp³-hybridized carbons (Fsp3) is 0.190. The third-order valence-corrected chi connectivity index (χ3v) is 5.45. The number of fused-ring (bicyclic) bond motifs is 1. The maximum Gasteiger partial charge on any atom is 0.412 e. The Bertz CT molecular complexity index is 1600. The summed E-state index contributed by atoms with van der Waals surface area (Å²) in [7, 11) is 0. The second kappa shape index (κ2) is 8.51. The van der Waals surface area contributed by atoms with Gasteiger partial charge in [0.25, 0.3) is 5.56 Å². The normalized spacial score (nSPS) is 16.9. The first kappa shape index (κ1) is 23.1. The first-order valence-corrected chi connectivity index (χ1v) is 10.3. The number of nitrogens with zero attached hydrogens (tertiary/aromatic N) is 4. The van der Waals surface area contributed by atoms with Crippen molar-refractivity contribution >= 4 is 23.1 Å². The highest BCUT2D eigenvalue weighted by atomic mass is 19.3. The molecule has 1 atom stereocenters. The molecule has 1 aliphatic heterocycles. The van der Waals surface area contributed by atoms with Crippen molar-refractivity contribution < 1.29 is 27.1 Å². The molecule has 4 aromatic rings. The Morgan fingerprint density at radius 1 is 1.22 bits per heavy atom. The molecule has 0 unspecified atom stereocenters. The summed E-state index contributed by atoms with van der Waals surface area (Å²) < 4.78 is 62.6. The summed E-state index contributed by atoms with van der Waals surface area (Å²) in [5.41, 5.74) is -1.53. The summed E-state index contributed by atoms with van der Waals surface area (Å²) >= 11 is 0. The standard InChI is InChI=1S/C21H15F4N7O4/c22-10-1-2-13(12(23)5-10)28-20(35)36-16-8-31(9-21(16,24)25)15-6-14(30-32-4-3-26-17(15)32)11-7-27-19(34)29-18(11)33/h1-7,16H,8-9H2,(H,28,35)(H2,27,29,33,34)/t16-/m0/s1. The number of H-pyrrole nitrogens is 2. The minimum Gasteiger partial charge on any atom is -0.438 e. The Hall–Kier alpha value is -4.69. The summed E-state index contributed by atoms with van der Waals surface area (Å²) in [4.78, 5) is 45.4. The molecule has 0 spiro atoms. The molecule has 1 fully saturated rings. The summed E-state index contributed by atoms with van der Waals surface area (Å²) in [6.07, 6.45) is 0.672. The highest BCUT2D eigenvalue weighted by Gasteiger charge is 2.51. The van der Waals surface area contributed by atoms with E-state index < -0.39 is 59.8 Å². The molecule has 15 heteroatoms. The van der Waals surface area contributed by atoms with E-state index in [1.165, 1.54) is 27.9 Å². The third-order valence-electron chi connectivity index (χ3n) is 5.45. The number of rotatable bonds is 4. The molecule has 0 bridgehead atoms. The van der Waals surface area contributed by atoms with Crippen molar-refractivity contribution in [3.63, 3.8) is 0 Å². The summed E-state index contributed by atoms with van der Waals surface area (Å²) in [6, 6.07) is 3.68. The predicted molar refractivity (Wildman–Crippen MR) is 117 cm³/mol. The second-order valence-corrected chi connectivity index (χ2v) is 7.88. The lowest BCUT2D eigenvalue weighted by molar-refractivity contribution is -0.0735. The molecule has 1 saturated heterocycles. The minimum atomic E-state index is -3.51. The molecule has 4 heterocycles. The molecular weight excluding hydrogens is 490 g/mol. The number of aromatic nitrogens is 5. The van der Waals surface area contributed by atoms with Crippen molar-refractivity contribution in [2.24, 2.45) is 0 Å². The first-order valence-electron chi connectivity index (χ1n) is 10.3. The topological polar surface area (TPSA) is 137 Å². The van der Waals surface area contributed by atoms with Crippen LogP contribution in [0.2, 0.25) is 0 Å². The number of hydrogen-bond acceptors (Lipinski definition) is 7. The van der Waals surface area contributed by atoms with Gasteiger partial charge in [0.15, 0.2) is 11.8 Å². The number of ether oxygens (including phenoxy) is 1. The summed E-state index contributed by atoms with van der Waals surface area (Å²) in [5.74, 6) is -5.49. The van der Waals surface area contributed by atoms with Crippen LogP contribution in [-0.2, 0) is 4.74 Å². The zero-order valence-corrected chi connectivity index (χ0v) is 18.0. The molecule has 5 rings (SSSR count). The van der Waals surface area contributed by atoms with Gasteiger partial charge in [0, 0.05) is 24.7 Å². The van der Waals surface area contributed by atoms with Crippen LogP contribution in [0.15, 0.2) is 52.4 Å². The van der Waals surface area contributed by atoms with E-state index in [9.17, 15) is 31.9 Å². The number of aromatic amines is 2. The highest BCUT2D eigenvalue weighted by molar-refractivity contribution is 5.85. The number of amides is 1. The van der Waals surface area contributed by atoms with Crippen molar-refractivity contribution in [2.75, 3.05) is 23.3 Å². The molecule has 3 aromatic heterocycles. The van der Waals surface area contributed by atoms with Crippen LogP contribution in [0.5, 0.6) is 0 Å². The number of carbonyl (C=O) groups is 1. The van der Waals surface area contributed by atoms with E-state index in [1.807, 2.05) is 5.32 Å². The lowest BCUT2D eigenvalue weighted by atomic mass is 10.2. The van der Waals surface area contributed by atoms with E-state index in [0.717, 1.165) is 18.3 Å². The smallest absolute Gasteiger partial charge is 0.412 e. The van der Waals surface area contributed by atoms with Crippen LogP contribution < -0.4 is 21.5 Å². The van der Waals surface area contributed by atoms with E-state index in [-0.39, 0.29) is 22.6 Å². The molecule has 0 radical (unpaired) electrons. The number of anilines is 2. The fourth-order valence-corrected chi connectivity index (χ4v) is 3.79. The van der Waals surface area contributed by atoms with Crippen LogP contribution in [0.1, 0.15) is 0 Å². The zero-order chi connectivity index (χ0) is 25.6. The van der Waals surface area contributed by atoms with Gasteiger partial charge in [-0.3, -0.25) is 15.1 Å². The second-order valence-electron chi connectivity index (χ2n) is 7.88. The van der Waals surface area contributed by atoms with E-state index in [4.69, 9.17) is 4.74 Å². The van der Waals surface area contributed by atoms with Gasteiger partial charge in [0.2, 0.25) is 0 Å². The Morgan fingerprint density at radius 3 is 2.78 bits per heavy atom. The van der Waals surface area contributed by atoms with Crippen molar-refractivity contribution in [1.82, 2.24) is 24.6 Å². The molecule has 0 saturated carbocycles. The van der Waals surface area contributed by atoms with Gasteiger partial charge in [-0.05, 0) is 18.2 Å². The van der Waals surface area contributed by atoms with Crippen LogP contribution in [-0.4, -0.2) is 55.8 Å². The quantitative estimate of drug-likeness (QED) is 0.362. The summed E-state index contributed by atoms with van der Waals surface area (Å²) in [5, 5.41) is 6.21. The number of imidazole rings is 1. The molecular formula is C21H15F4N7O4. The Labute approximate surface area is 197 Å². The molecule has 186 valence electrons. The summed E-state index contributed by atoms with van der Waals surface area (Å²) in [6.45, 7) is -1.34. The van der Waals surface area contributed by atoms with E-state index >= 15 is 0 Å². The average Bonchev–Trinajstić information content (AvgIpc) is 3.39. The van der Waals surface area contributed by atoms with Gasteiger partial charge >= 0.3 is 17.7 Å². The van der Waals surface area contributed by atoms with Gasteiger partial charge in [0.1, 0.15) is 17.3 Å². The van der Waals surface area contributed by atoms with Crippen LogP contribution in [0.3, 0.4) is 0 Å². The van der Waals surface area contributed by atoms with E-state index in [2.05, 4.69) is 20.1 Å². The van der Waals surface area contributed by atoms with E-state index in [1.54, 1.807) is 0 Å². The minimum absolute atomic E-state index is 0.0223. The van der Waals surface area contributed by atoms with Crippen molar-refractivity contribution in [2.45, 2.75) is 12.0 Å². The number of nitrogens with one attached hydrogen (secondary N) is 3. The number of hydrogen-bond donors (Lipinski definition) is 3. The monoisotopic (exact) mass is 505 g/mol. The largest absolute Gasteiger partial charge is 0.438 e. The molecule has 11 nitrogen and oxygen atoms in total. The van der Waals surface area contributed by atoms with E-state index in [0.29, 0.717) is 6.07 Å². The SMILES string of the molecule is O=C(Nc1ccc(F)cc1F)O[C@H]1CN(c2cc(-c3c[nH]c(=O)[nH]c3=O)nn3ccnc23)CC1(F)F. The van der Waals surface area contributed by atoms with Gasteiger partial charge in [-0.15, -0.1) is 0 Å². The van der Waals surface area contributed by atoms with Crippen molar-refractivity contribution in [3.05, 3.63) is 75.3 Å². The maximum atomic E-state index is 14.8. The molecule has 0 aliphatic carbocycles. The van der Waals surface area contributed by atoms with Crippen molar-refractivity contribution in [1.29, 1.82) is 0 Å². The van der Waals surface area contributed by atoms with Crippen LogP contribution >= 0.6 is 0 Å². The maximum absolute atomic E-state index is 14.8. The Morgan fingerprint density at radius 2 is 2.03 bits per heavy atom. The lowest BCUT2D eigenvalue weighted by Crippen LogP contribution is -2.37. The van der Waals surface area contributed by atoms with Crippen LogP contribution in [0, 0.1) is 11.6 Å². The Kier molecular flexibility index (Phi) is 5.45. The lowest BCUT2D eigenvalue weighted by Gasteiger charge is -2.19. The van der Waals surface area contributed by atoms with Gasteiger partial charge < -0.3 is 14.6 Å².